The van der Waals surface area contributed by atoms with Gasteiger partial charge >= 0.3 is 0 Å². The van der Waals surface area contributed by atoms with Crippen LogP contribution in [0.25, 0.3) is 0 Å². The average Bonchev–Trinajstić information content (AvgIpc) is 2.18. The smallest absolute Gasteiger partial charge is 0.0769 e. The van der Waals surface area contributed by atoms with E-state index < -0.39 is 0 Å². The van der Waals surface area contributed by atoms with Crippen molar-refractivity contribution in [3.63, 3.8) is 0 Å². The van der Waals surface area contributed by atoms with Gasteiger partial charge in [0.2, 0.25) is 0 Å². The predicted molar refractivity (Wildman–Crippen MR) is 58.4 cm³/mol. The summed E-state index contributed by atoms with van der Waals surface area (Å²) in [6.45, 7) is 3.99. The molecule has 1 fully saturated rings. The van der Waals surface area contributed by atoms with Gasteiger partial charge in [-0.25, -0.2) is 0 Å². The Kier molecular flexibility index (Phi) is 3.26. The molecule has 1 saturated heterocycles. The SMILES string of the molecule is C[C@H]1CNC[C@H](C2C=C(Cl)C=CC2)O1. The molecule has 1 aliphatic carbocycles. The van der Waals surface area contributed by atoms with Crippen LogP contribution in [0.3, 0.4) is 0 Å². The van der Waals surface area contributed by atoms with Crippen molar-refractivity contribution in [1.29, 1.82) is 0 Å². The van der Waals surface area contributed by atoms with Gasteiger partial charge in [0.25, 0.3) is 0 Å². The molecule has 0 spiro atoms. The van der Waals surface area contributed by atoms with Gasteiger partial charge in [-0.1, -0.05) is 23.8 Å². The second-order valence-electron chi connectivity index (χ2n) is 4.00. The zero-order valence-corrected chi connectivity index (χ0v) is 9.13. The Morgan fingerprint density at radius 3 is 3.07 bits per heavy atom. The lowest BCUT2D eigenvalue weighted by Gasteiger charge is -2.33. The Hall–Kier alpha value is -0.310. The number of morpholine rings is 1. The number of nitrogens with one attached hydrogen (secondary N) is 1. The molecule has 3 atom stereocenters. The van der Waals surface area contributed by atoms with Crippen LogP contribution >= 0.6 is 11.6 Å². The number of halogens is 1. The van der Waals surface area contributed by atoms with Crippen molar-refractivity contribution in [2.45, 2.75) is 25.6 Å². The summed E-state index contributed by atoms with van der Waals surface area (Å²) < 4.78 is 5.87. The zero-order chi connectivity index (χ0) is 9.97. The summed E-state index contributed by atoms with van der Waals surface area (Å²) in [7, 11) is 0. The first-order valence-corrected chi connectivity index (χ1v) is 5.53. The van der Waals surface area contributed by atoms with Crippen LogP contribution in [0, 0.1) is 5.92 Å². The molecule has 14 heavy (non-hydrogen) atoms. The largest absolute Gasteiger partial charge is 0.372 e. The number of hydrogen-bond donors (Lipinski definition) is 1. The molecule has 1 N–H and O–H groups in total. The Labute approximate surface area is 90.0 Å². The maximum absolute atomic E-state index is 5.97. The van der Waals surface area contributed by atoms with Crippen LogP contribution in [-0.4, -0.2) is 25.3 Å². The molecule has 0 saturated carbocycles. The summed E-state index contributed by atoms with van der Waals surface area (Å²) >= 11 is 5.97. The van der Waals surface area contributed by atoms with Gasteiger partial charge in [-0.3, -0.25) is 0 Å². The second kappa shape index (κ2) is 4.47. The summed E-state index contributed by atoms with van der Waals surface area (Å²) in [5, 5.41) is 4.21. The first-order chi connectivity index (χ1) is 6.75. The minimum absolute atomic E-state index is 0.275. The maximum atomic E-state index is 5.97. The molecule has 78 valence electrons. The third-order valence-electron chi connectivity index (χ3n) is 2.72. The Morgan fingerprint density at radius 2 is 2.36 bits per heavy atom. The van der Waals surface area contributed by atoms with Crippen LogP contribution in [0.15, 0.2) is 23.3 Å². The molecule has 2 aliphatic rings. The third kappa shape index (κ3) is 2.38. The van der Waals surface area contributed by atoms with Crippen molar-refractivity contribution >= 4 is 11.6 Å². The van der Waals surface area contributed by atoms with E-state index in [1.165, 1.54) is 0 Å². The minimum Gasteiger partial charge on any atom is -0.372 e. The lowest BCUT2D eigenvalue weighted by molar-refractivity contribution is -0.0469. The zero-order valence-electron chi connectivity index (χ0n) is 8.37. The van der Waals surface area contributed by atoms with Gasteiger partial charge in [-0.15, -0.1) is 0 Å². The highest BCUT2D eigenvalue weighted by molar-refractivity contribution is 6.31. The highest BCUT2D eigenvalue weighted by Crippen LogP contribution is 2.25. The van der Waals surface area contributed by atoms with Crippen molar-refractivity contribution in [1.82, 2.24) is 5.32 Å². The number of allylic oxidation sites excluding steroid dienone is 3. The van der Waals surface area contributed by atoms with E-state index >= 15 is 0 Å². The first kappa shape index (κ1) is 10.2. The molecule has 1 aliphatic heterocycles. The van der Waals surface area contributed by atoms with Crippen LogP contribution in [0.1, 0.15) is 13.3 Å². The van der Waals surface area contributed by atoms with Crippen LogP contribution < -0.4 is 5.32 Å². The van der Waals surface area contributed by atoms with Crippen LogP contribution in [-0.2, 0) is 4.74 Å². The number of hydrogen-bond acceptors (Lipinski definition) is 2. The standard InChI is InChI=1S/C11H16ClNO/c1-8-6-13-7-11(14-8)9-3-2-4-10(12)5-9/h2,4-5,8-9,11,13H,3,6-7H2,1H3/t8-,9?,11+/m0/s1. The average molecular weight is 214 g/mol. The van der Waals surface area contributed by atoms with Gasteiger partial charge in [0.05, 0.1) is 12.2 Å². The van der Waals surface area contributed by atoms with Gasteiger partial charge in [0.15, 0.2) is 0 Å². The molecule has 0 aromatic heterocycles. The van der Waals surface area contributed by atoms with E-state index in [2.05, 4.69) is 24.4 Å². The van der Waals surface area contributed by atoms with Gasteiger partial charge < -0.3 is 10.1 Å². The number of rotatable bonds is 1. The molecule has 0 radical (unpaired) electrons. The van der Waals surface area contributed by atoms with Crippen molar-refractivity contribution < 1.29 is 4.74 Å². The molecule has 3 heteroatoms. The van der Waals surface area contributed by atoms with Crippen molar-refractivity contribution in [2.24, 2.45) is 5.92 Å². The summed E-state index contributed by atoms with van der Waals surface area (Å²) in [6.07, 6.45) is 7.80. The lowest BCUT2D eigenvalue weighted by atomic mass is 9.93. The van der Waals surface area contributed by atoms with E-state index in [1.807, 2.05) is 6.08 Å². The lowest BCUT2D eigenvalue weighted by Crippen LogP contribution is -2.46. The molecule has 2 rings (SSSR count). The fourth-order valence-electron chi connectivity index (χ4n) is 2.00. The Bertz CT molecular complexity index is 262. The van der Waals surface area contributed by atoms with E-state index in [-0.39, 0.29) is 6.10 Å². The molecule has 1 unspecified atom stereocenters. The quantitative estimate of drug-likeness (QED) is 0.720. The summed E-state index contributed by atoms with van der Waals surface area (Å²) in [5.74, 6) is 0.433. The van der Waals surface area contributed by atoms with Crippen LogP contribution in [0.2, 0.25) is 0 Å². The summed E-state index contributed by atoms with van der Waals surface area (Å²) in [5.41, 5.74) is 0. The molecule has 0 aromatic carbocycles. The number of ether oxygens (including phenoxy) is 1. The normalized spacial score (nSPS) is 38.1. The maximum Gasteiger partial charge on any atom is 0.0769 e. The molecular weight excluding hydrogens is 198 g/mol. The fourth-order valence-corrected chi connectivity index (χ4v) is 2.25. The predicted octanol–water partition coefficient (Wildman–Crippen LogP) is 2.06. The first-order valence-electron chi connectivity index (χ1n) is 5.16. The minimum atomic E-state index is 0.275. The molecule has 0 aromatic rings. The van der Waals surface area contributed by atoms with E-state index in [0.29, 0.717) is 12.0 Å². The fraction of sp³-hybridized carbons (Fsp3) is 0.636. The molecule has 2 nitrogen and oxygen atoms in total. The van der Waals surface area contributed by atoms with E-state index in [4.69, 9.17) is 16.3 Å². The Balaban J connectivity index is 1.97. The highest BCUT2D eigenvalue weighted by atomic mass is 35.5. The van der Waals surface area contributed by atoms with Gasteiger partial charge in [0, 0.05) is 24.0 Å². The molecule has 1 heterocycles. The Morgan fingerprint density at radius 1 is 1.50 bits per heavy atom. The topological polar surface area (TPSA) is 21.3 Å². The highest BCUT2D eigenvalue weighted by Gasteiger charge is 2.26. The second-order valence-corrected chi connectivity index (χ2v) is 4.43. The summed E-state index contributed by atoms with van der Waals surface area (Å²) in [4.78, 5) is 0. The van der Waals surface area contributed by atoms with E-state index in [0.717, 1.165) is 24.5 Å². The molecule has 0 bridgehead atoms. The van der Waals surface area contributed by atoms with Gasteiger partial charge in [-0.05, 0) is 19.4 Å². The van der Waals surface area contributed by atoms with Crippen molar-refractivity contribution in [2.75, 3.05) is 13.1 Å². The van der Waals surface area contributed by atoms with Gasteiger partial charge in [-0.2, -0.15) is 0 Å². The molecular formula is C11H16ClNO. The monoisotopic (exact) mass is 213 g/mol. The van der Waals surface area contributed by atoms with Crippen LogP contribution in [0.4, 0.5) is 0 Å². The molecule has 0 amide bonds. The van der Waals surface area contributed by atoms with E-state index in [9.17, 15) is 0 Å². The van der Waals surface area contributed by atoms with Crippen molar-refractivity contribution in [3.05, 3.63) is 23.3 Å². The summed E-state index contributed by atoms with van der Waals surface area (Å²) in [6, 6.07) is 0. The van der Waals surface area contributed by atoms with Crippen LogP contribution in [0.5, 0.6) is 0 Å². The van der Waals surface area contributed by atoms with E-state index in [1.54, 1.807) is 0 Å². The van der Waals surface area contributed by atoms with Crippen molar-refractivity contribution in [3.8, 4) is 0 Å². The third-order valence-corrected chi connectivity index (χ3v) is 2.97. The van der Waals surface area contributed by atoms with Gasteiger partial charge in [0.1, 0.15) is 0 Å².